The molecule has 0 spiro atoms. The van der Waals surface area contributed by atoms with Gasteiger partial charge in [-0.15, -0.1) is 0 Å². The largest absolute Gasteiger partial charge is 0.289 e. The van der Waals surface area contributed by atoms with Gasteiger partial charge in [0, 0.05) is 11.1 Å². The molecular weight excluding hydrogens is 388 g/mol. The first kappa shape index (κ1) is 21.8. The molecule has 0 bridgehead atoms. The molecule has 32 heavy (non-hydrogen) atoms. The van der Waals surface area contributed by atoms with Gasteiger partial charge in [0.05, 0.1) is 0 Å². The van der Waals surface area contributed by atoms with E-state index in [4.69, 9.17) is 0 Å². The second kappa shape index (κ2) is 8.59. The monoisotopic (exact) mass is 418 g/mol. The molecule has 0 unspecified atom stereocenters. The van der Waals surface area contributed by atoms with E-state index in [1.807, 2.05) is 38.1 Å². The quantitative estimate of drug-likeness (QED) is 0.306. The highest BCUT2D eigenvalue weighted by molar-refractivity contribution is 6.17. The van der Waals surface area contributed by atoms with Gasteiger partial charge in [0.1, 0.15) is 0 Å². The van der Waals surface area contributed by atoms with Crippen molar-refractivity contribution in [2.24, 2.45) is 0 Å². The van der Waals surface area contributed by atoms with Crippen molar-refractivity contribution in [1.82, 2.24) is 0 Å². The lowest BCUT2D eigenvalue weighted by Crippen LogP contribution is -2.10. The molecule has 1 nitrogen and oxygen atoms in total. The van der Waals surface area contributed by atoms with Gasteiger partial charge < -0.3 is 0 Å². The van der Waals surface area contributed by atoms with Crippen molar-refractivity contribution in [2.75, 3.05) is 0 Å². The predicted molar refractivity (Wildman–Crippen MR) is 136 cm³/mol. The Bertz CT molecular complexity index is 1240. The molecule has 0 heterocycles. The molecule has 0 aromatic heterocycles. The molecule has 0 atom stereocenters. The van der Waals surface area contributed by atoms with Crippen LogP contribution in [0.25, 0.3) is 22.3 Å². The van der Waals surface area contributed by atoms with Crippen LogP contribution in [0.15, 0.2) is 72.8 Å². The zero-order chi connectivity index (χ0) is 23.0. The molecule has 160 valence electrons. The molecule has 0 fully saturated rings. The van der Waals surface area contributed by atoms with Crippen LogP contribution in [-0.4, -0.2) is 5.78 Å². The molecule has 0 N–H and O–H groups in total. The van der Waals surface area contributed by atoms with Gasteiger partial charge in [0.2, 0.25) is 0 Å². The second-order valence-electron chi connectivity index (χ2n) is 8.82. The lowest BCUT2D eigenvalue weighted by Gasteiger charge is -2.19. The Balaban J connectivity index is 1.99. The molecule has 4 aromatic rings. The first-order valence-corrected chi connectivity index (χ1v) is 11.2. The van der Waals surface area contributed by atoms with Crippen molar-refractivity contribution in [3.63, 3.8) is 0 Å². The molecule has 4 rings (SSSR count). The Morgan fingerprint density at radius 1 is 0.438 bits per heavy atom. The van der Waals surface area contributed by atoms with Gasteiger partial charge in [0.15, 0.2) is 5.78 Å². The van der Waals surface area contributed by atoms with E-state index in [0.717, 1.165) is 44.5 Å². The highest BCUT2D eigenvalue weighted by atomic mass is 16.1. The van der Waals surface area contributed by atoms with Crippen molar-refractivity contribution in [3.8, 4) is 22.3 Å². The number of carbonyl (C=O) groups excluding carboxylic acids is 1. The summed E-state index contributed by atoms with van der Waals surface area (Å²) in [5.74, 6) is 0.0908. The van der Waals surface area contributed by atoms with E-state index in [9.17, 15) is 4.79 Å². The Hall–Kier alpha value is -3.45. The lowest BCUT2D eigenvalue weighted by molar-refractivity contribution is 0.103. The van der Waals surface area contributed by atoms with Gasteiger partial charge >= 0.3 is 0 Å². The molecule has 0 aliphatic heterocycles. The summed E-state index contributed by atoms with van der Waals surface area (Å²) in [5, 5.41) is 0. The molecule has 4 aromatic carbocycles. The van der Waals surface area contributed by atoms with Crippen molar-refractivity contribution in [3.05, 3.63) is 117 Å². The predicted octanol–water partition coefficient (Wildman–Crippen LogP) is 8.10. The van der Waals surface area contributed by atoms with Crippen molar-refractivity contribution < 1.29 is 4.79 Å². The van der Waals surface area contributed by atoms with Crippen molar-refractivity contribution in [1.29, 1.82) is 0 Å². The zero-order valence-electron chi connectivity index (χ0n) is 19.8. The summed E-state index contributed by atoms with van der Waals surface area (Å²) >= 11 is 0. The van der Waals surface area contributed by atoms with Crippen LogP contribution in [0, 0.1) is 41.5 Å². The first-order valence-electron chi connectivity index (χ1n) is 11.2. The molecule has 0 saturated carbocycles. The molecule has 0 aliphatic rings. The SMILES string of the molecule is Cc1cccc(-c2cccc(C)c2C(=O)c2c(C)cccc2-c2cccc(C)c2C)c1C. The standard InChI is InChI=1S/C31H30O/c1-19-11-7-15-25(23(19)5)27-17-9-13-21(3)29(27)31(32)30-22(4)14-10-18-28(30)26-16-8-12-20(2)24(26)6/h7-18H,1-6H3. The fourth-order valence-corrected chi connectivity index (χ4v) is 4.60. The Morgan fingerprint density at radius 3 is 1.12 bits per heavy atom. The van der Waals surface area contributed by atoms with E-state index in [0.29, 0.717) is 0 Å². The first-order chi connectivity index (χ1) is 15.3. The van der Waals surface area contributed by atoms with Crippen LogP contribution in [0.5, 0.6) is 0 Å². The Labute approximate surface area is 191 Å². The summed E-state index contributed by atoms with van der Waals surface area (Å²) in [6, 6.07) is 25.0. The number of carbonyl (C=O) groups is 1. The summed E-state index contributed by atoms with van der Waals surface area (Å²) in [7, 11) is 0. The highest BCUT2D eigenvalue weighted by Gasteiger charge is 2.23. The average Bonchev–Trinajstić information content (AvgIpc) is 2.77. The Morgan fingerprint density at radius 2 is 0.750 bits per heavy atom. The second-order valence-corrected chi connectivity index (χ2v) is 8.82. The zero-order valence-corrected chi connectivity index (χ0v) is 19.8. The molecule has 0 aliphatic carbocycles. The van der Waals surface area contributed by atoms with Crippen molar-refractivity contribution in [2.45, 2.75) is 41.5 Å². The minimum Gasteiger partial charge on any atom is -0.289 e. The third-order valence-electron chi connectivity index (χ3n) is 6.79. The fraction of sp³-hybridized carbons (Fsp3) is 0.194. The smallest absolute Gasteiger partial charge is 0.194 e. The van der Waals surface area contributed by atoms with Crippen LogP contribution in [0.1, 0.15) is 49.3 Å². The summed E-state index contributed by atoms with van der Waals surface area (Å²) < 4.78 is 0. The molecule has 0 saturated heterocycles. The molecular formula is C31H30O. The fourth-order valence-electron chi connectivity index (χ4n) is 4.60. The number of aryl methyl sites for hydroxylation is 4. The van der Waals surface area contributed by atoms with Gasteiger partial charge in [-0.2, -0.15) is 0 Å². The molecule has 0 radical (unpaired) electrons. The topological polar surface area (TPSA) is 17.1 Å². The summed E-state index contributed by atoms with van der Waals surface area (Å²) in [5.41, 5.74) is 12.7. The van der Waals surface area contributed by atoms with Gasteiger partial charge in [-0.3, -0.25) is 4.79 Å². The Kier molecular flexibility index (Phi) is 5.84. The van der Waals surface area contributed by atoms with E-state index in [-0.39, 0.29) is 5.78 Å². The summed E-state index contributed by atoms with van der Waals surface area (Å²) in [6.45, 7) is 12.6. The van der Waals surface area contributed by atoms with Gasteiger partial charge in [0.25, 0.3) is 0 Å². The normalized spacial score (nSPS) is 10.9. The number of hydrogen-bond donors (Lipinski definition) is 0. The van der Waals surface area contributed by atoms with Crippen LogP contribution in [0.4, 0.5) is 0 Å². The summed E-state index contributed by atoms with van der Waals surface area (Å²) in [6.07, 6.45) is 0. The van der Waals surface area contributed by atoms with Crippen LogP contribution in [-0.2, 0) is 0 Å². The van der Waals surface area contributed by atoms with Gasteiger partial charge in [-0.1, -0.05) is 72.8 Å². The average molecular weight is 419 g/mol. The summed E-state index contributed by atoms with van der Waals surface area (Å²) in [4.78, 5) is 14.3. The highest BCUT2D eigenvalue weighted by Crippen LogP contribution is 2.36. The van der Waals surface area contributed by atoms with Crippen molar-refractivity contribution >= 4 is 5.78 Å². The third kappa shape index (κ3) is 3.69. The van der Waals surface area contributed by atoms with Crippen LogP contribution in [0.3, 0.4) is 0 Å². The van der Waals surface area contributed by atoms with Gasteiger partial charge in [-0.05, 0) is 97.2 Å². The maximum absolute atomic E-state index is 14.3. The minimum absolute atomic E-state index is 0.0908. The number of rotatable bonds is 4. The van der Waals surface area contributed by atoms with E-state index >= 15 is 0 Å². The molecule has 0 amide bonds. The van der Waals surface area contributed by atoms with E-state index in [1.54, 1.807) is 0 Å². The number of benzene rings is 4. The van der Waals surface area contributed by atoms with Crippen LogP contribution in [0.2, 0.25) is 0 Å². The van der Waals surface area contributed by atoms with Gasteiger partial charge in [-0.25, -0.2) is 0 Å². The lowest BCUT2D eigenvalue weighted by atomic mass is 9.83. The minimum atomic E-state index is 0.0908. The van der Waals surface area contributed by atoms with Crippen LogP contribution >= 0.6 is 0 Å². The van der Waals surface area contributed by atoms with Crippen LogP contribution < -0.4 is 0 Å². The maximum Gasteiger partial charge on any atom is 0.194 e. The maximum atomic E-state index is 14.3. The van der Waals surface area contributed by atoms with E-state index in [1.165, 1.54) is 22.3 Å². The number of ketones is 1. The number of hydrogen-bond acceptors (Lipinski definition) is 1. The van der Waals surface area contributed by atoms with E-state index < -0.39 is 0 Å². The van der Waals surface area contributed by atoms with E-state index in [2.05, 4.69) is 76.2 Å². The molecule has 1 heteroatoms. The third-order valence-corrected chi connectivity index (χ3v) is 6.79.